The van der Waals surface area contributed by atoms with E-state index in [2.05, 4.69) is 19.2 Å². The molecule has 0 saturated carbocycles. The molecule has 2 heterocycles. The number of rotatable bonds is 1. The maximum Gasteiger partial charge on any atom is 0.239 e. The van der Waals surface area contributed by atoms with Crippen LogP contribution in [-0.4, -0.2) is 36.5 Å². The van der Waals surface area contributed by atoms with Crippen LogP contribution in [-0.2, 0) is 4.79 Å². The van der Waals surface area contributed by atoms with Gasteiger partial charge in [0, 0.05) is 13.1 Å². The van der Waals surface area contributed by atoms with Crippen LogP contribution in [0.5, 0.6) is 0 Å². The highest BCUT2D eigenvalue weighted by molar-refractivity contribution is 5.82. The highest BCUT2D eigenvalue weighted by atomic mass is 16.2. The van der Waals surface area contributed by atoms with Gasteiger partial charge in [0.1, 0.15) is 0 Å². The molecule has 0 bridgehead atoms. The van der Waals surface area contributed by atoms with Gasteiger partial charge in [-0.2, -0.15) is 0 Å². The van der Waals surface area contributed by atoms with Crippen LogP contribution in [0.3, 0.4) is 0 Å². The standard InChI is InChI=1S/C11H20N2O.C2H6/c1-11(2)5-7-13(8-11)10(14)9-4-3-6-12-9;1-2/h9,12H,3-8H2,1-2H3;1-2H3/t9-;/m0./s1. The SMILES string of the molecule is CC.CC1(C)CCN(C(=O)[C@@H]2CCCN2)C1. The quantitative estimate of drug-likeness (QED) is 0.742. The topological polar surface area (TPSA) is 32.3 Å². The highest BCUT2D eigenvalue weighted by Crippen LogP contribution is 2.29. The summed E-state index contributed by atoms with van der Waals surface area (Å²) in [4.78, 5) is 14.0. The molecule has 0 unspecified atom stereocenters. The number of nitrogens with zero attached hydrogens (tertiary/aromatic N) is 1. The van der Waals surface area contributed by atoms with E-state index in [1.165, 1.54) is 0 Å². The molecular formula is C13H26N2O. The molecule has 1 atom stereocenters. The molecule has 16 heavy (non-hydrogen) atoms. The second-order valence-electron chi connectivity index (χ2n) is 5.32. The lowest BCUT2D eigenvalue weighted by molar-refractivity contribution is -0.132. The summed E-state index contributed by atoms with van der Waals surface area (Å²) in [5, 5.41) is 3.27. The van der Waals surface area contributed by atoms with E-state index in [1.807, 2.05) is 18.7 Å². The largest absolute Gasteiger partial charge is 0.341 e. The molecule has 0 spiro atoms. The van der Waals surface area contributed by atoms with Crippen LogP contribution in [0.1, 0.15) is 47.0 Å². The lowest BCUT2D eigenvalue weighted by Gasteiger charge is -2.22. The molecule has 2 aliphatic rings. The molecule has 3 nitrogen and oxygen atoms in total. The van der Waals surface area contributed by atoms with Gasteiger partial charge in [0.2, 0.25) is 5.91 Å². The zero-order valence-electron chi connectivity index (χ0n) is 11.2. The van der Waals surface area contributed by atoms with Gasteiger partial charge in [0.15, 0.2) is 0 Å². The minimum atomic E-state index is 0.115. The first-order chi connectivity index (χ1) is 7.58. The van der Waals surface area contributed by atoms with Gasteiger partial charge >= 0.3 is 0 Å². The number of carbonyl (C=O) groups is 1. The van der Waals surface area contributed by atoms with E-state index in [9.17, 15) is 4.79 Å². The average Bonchev–Trinajstić information content (AvgIpc) is 2.89. The Bertz CT molecular complexity index is 232. The molecule has 2 fully saturated rings. The fourth-order valence-electron chi connectivity index (χ4n) is 2.42. The number of likely N-dealkylation sites (tertiary alicyclic amines) is 1. The first-order valence-electron chi connectivity index (χ1n) is 6.61. The van der Waals surface area contributed by atoms with Crippen LogP contribution in [0.25, 0.3) is 0 Å². The Balaban J connectivity index is 0.000000606. The van der Waals surface area contributed by atoms with Crippen molar-refractivity contribution in [3.05, 3.63) is 0 Å². The van der Waals surface area contributed by atoms with Crippen molar-refractivity contribution in [1.29, 1.82) is 0 Å². The van der Waals surface area contributed by atoms with E-state index >= 15 is 0 Å². The molecule has 2 rings (SSSR count). The maximum absolute atomic E-state index is 12.0. The van der Waals surface area contributed by atoms with Crippen LogP contribution in [0.15, 0.2) is 0 Å². The Hall–Kier alpha value is -0.570. The number of nitrogens with one attached hydrogen (secondary N) is 1. The number of amides is 1. The molecule has 94 valence electrons. The summed E-state index contributed by atoms with van der Waals surface area (Å²) in [6.45, 7) is 11.4. The van der Waals surface area contributed by atoms with Crippen molar-refractivity contribution in [2.45, 2.75) is 53.0 Å². The van der Waals surface area contributed by atoms with Gasteiger partial charge in [-0.3, -0.25) is 4.79 Å². The maximum atomic E-state index is 12.0. The second kappa shape index (κ2) is 5.67. The van der Waals surface area contributed by atoms with Crippen molar-refractivity contribution in [3.8, 4) is 0 Å². The van der Waals surface area contributed by atoms with Gasteiger partial charge in [-0.15, -0.1) is 0 Å². The summed E-state index contributed by atoms with van der Waals surface area (Å²) in [7, 11) is 0. The Morgan fingerprint density at radius 1 is 1.38 bits per heavy atom. The molecule has 0 aromatic rings. The minimum Gasteiger partial charge on any atom is -0.341 e. The highest BCUT2D eigenvalue weighted by Gasteiger charge is 2.35. The third-order valence-electron chi connectivity index (χ3n) is 3.35. The van der Waals surface area contributed by atoms with Crippen molar-refractivity contribution in [2.75, 3.05) is 19.6 Å². The van der Waals surface area contributed by atoms with Gasteiger partial charge in [-0.25, -0.2) is 0 Å². The summed E-state index contributed by atoms with van der Waals surface area (Å²) in [6.07, 6.45) is 3.31. The van der Waals surface area contributed by atoms with E-state index in [1.54, 1.807) is 0 Å². The van der Waals surface area contributed by atoms with Crippen molar-refractivity contribution >= 4 is 5.91 Å². The normalized spacial score (nSPS) is 27.5. The van der Waals surface area contributed by atoms with Gasteiger partial charge in [0.05, 0.1) is 6.04 Å². The summed E-state index contributed by atoms with van der Waals surface area (Å²) >= 11 is 0. The molecule has 1 N–H and O–H groups in total. The number of hydrogen-bond acceptors (Lipinski definition) is 2. The third kappa shape index (κ3) is 3.21. The Morgan fingerprint density at radius 2 is 2.06 bits per heavy atom. The molecular weight excluding hydrogens is 200 g/mol. The lowest BCUT2D eigenvalue weighted by atomic mass is 9.93. The third-order valence-corrected chi connectivity index (χ3v) is 3.35. The molecule has 0 radical (unpaired) electrons. The van der Waals surface area contributed by atoms with Crippen LogP contribution in [0.2, 0.25) is 0 Å². The fourth-order valence-corrected chi connectivity index (χ4v) is 2.42. The zero-order chi connectivity index (χ0) is 12.2. The first kappa shape index (κ1) is 13.5. The lowest BCUT2D eigenvalue weighted by Crippen LogP contribution is -2.42. The van der Waals surface area contributed by atoms with Crippen molar-refractivity contribution < 1.29 is 4.79 Å². The molecule has 0 aromatic heterocycles. The fraction of sp³-hybridized carbons (Fsp3) is 0.923. The summed E-state index contributed by atoms with van der Waals surface area (Å²) < 4.78 is 0. The molecule has 3 heteroatoms. The predicted molar refractivity (Wildman–Crippen MR) is 67.4 cm³/mol. The first-order valence-corrected chi connectivity index (χ1v) is 6.61. The Labute approximate surface area is 99.6 Å². The van der Waals surface area contributed by atoms with E-state index < -0.39 is 0 Å². The summed E-state index contributed by atoms with van der Waals surface area (Å²) in [6, 6.07) is 0.115. The molecule has 0 aromatic carbocycles. The van der Waals surface area contributed by atoms with Gasteiger partial charge < -0.3 is 10.2 Å². The van der Waals surface area contributed by atoms with Crippen molar-refractivity contribution in [1.82, 2.24) is 10.2 Å². The van der Waals surface area contributed by atoms with E-state index in [-0.39, 0.29) is 6.04 Å². The van der Waals surface area contributed by atoms with Crippen LogP contribution in [0.4, 0.5) is 0 Å². The minimum absolute atomic E-state index is 0.115. The van der Waals surface area contributed by atoms with Gasteiger partial charge in [0.25, 0.3) is 0 Å². The van der Waals surface area contributed by atoms with Gasteiger partial charge in [-0.1, -0.05) is 27.7 Å². The van der Waals surface area contributed by atoms with Crippen LogP contribution in [0, 0.1) is 5.41 Å². The molecule has 2 saturated heterocycles. The monoisotopic (exact) mass is 226 g/mol. The Kier molecular flexibility index (Phi) is 4.78. The number of hydrogen-bond donors (Lipinski definition) is 1. The van der Waals surface area contributed by atoms with Crippen molar-refractivity contribution in [3.63, 3.8) is 0 Å². The van der Waals surface area contributed by atoms with Crippen LogP contribution >= 0.6 is 0 Å². The molecule has 1 amide bonds. The smallest absolute Gasteiger partial charge is 0.239 e. The van der Waals surface area contributed by atoms with E-state index in [0.717, 1.165) is 38.9 Å². The van der Waals surface area contributed by atoms with E-state index in [0.29, 0.717) is 11.3 Å². The zero-order valence-corrected chi connectivity index (χ0v) is 11.2. The molecule has 0 aliphatic carbocycles. The van der Waals surface area contributed by atoms with E-state index in [4.69, 9.17) is 0 Å². The summed E-state index contributed by atoms with van der Waals surface area (Å²) in [5.74, 6) is 0.327. The molecule has 2 aliphatic heterocycles. The Morgan fingerprint density at radius 3 is 2.50 bits per heavy atom. The average molecular weight is 226 g/mol. The summed E-state index contributed by atoms with van der Waals surface area (Å²) in [5.41, 5.74) is 0.328. The number of carbonyl (C=O) groups excluding carboxylic acids is 1. The second-order valence-corrected chi connectivity index (χ2v) is 5.32. The van der Waals surface area contributed by atoms with Crippen molar-refractivity contribution in [2.24, 2.45) is 5.41 Å². The predicted octanol–water partition coefficient (Wildman–Crippen LogP) is 2.02. The van der Waals surface area contributed by atoms with Gasteiger partial charge in [-0.05, 0) is 31.2 Å². The van der Waals surface area contributed by atoms with Crippen LogP contribution < -0.4 is 5.32 Å².